The normalized spacial score (nSPS) is 25.9. The van der Waals surface area contributed by atoms with Gasteiger partial charge < -0.3 is 9.47 Å². The van der Waals surface area contributed by atoms with E-state index in [1.807, 2.05) is 6.07 Å². The molecule has 1 aromatic rings. The van der Waals surface area contributed by atoms with Gasteiger partial charge in [-0.1, -0.05) is 18.2 Å². The molecule has 0 spiro atoms. The second-order valence-corrected chi connectivity index (χ2v) is 4.43. The van der Waals surface area contributed by atoms with Crippen molar-refractivity contribution in [3.05, 3.63) is 29.8 Å². The number of ether oxygens (including phenoxy) is 2. The van der Waals surface area contributed by atoms with Crippen LogP contribution in [0.25, 0.3) is 0 Å². The van der Waals surface area contributed by atoms with E-state index in [9.17, 15) is 0 Å². The van der Waals surface area contributed by atoms with Crippen LogP contribution in [0.1, 0.15) is 5.56 Å². The molecule has 0 radical (unpaired) electrons. The standard InChI is InChI=1S/C13H17NO2/c1-2-4-13-11(3-1)9-12(10-16-13)14-5-7-15-8-6-14/h1-4,12H,5-10H2/t12-/m0/s1. The van der Waals surface area contributed by atoms with E-state index in [4.69, 9.17) is 9.47 Å². The fraction of sp³-hybridized carbons (Fsp3) is 0.538. The zero-order chi connectivity index (χ0) is 10.8. The average molecular weight is 219 g/mol. The molecule has 0 saturated carbocycles. The molecule has 0 amide bonds. The highest BCUT2D eigenvalue weighted by Crippen LogP contribution is 2.26. The van der Waals surface area contributed by atoms with E-state index in [2.05, 4.69) is 23.1 Å². The Morgan fingerprint density at radius 3 is 2.81 bits per heavy atom. The summed E-state index contributed by atoms with van der Waals surface area (Å²) in [5, 5.41) is 0. The van der Waals surface area contributed by atoms with E-state index in [1.54, 1.807) is 0 Å². The zero-order valence-electron chi connectivity index (χ0n) is 9.39. The highest BCUT2D eigenvalue weighted by atomic mass is 16.5. The predicted octanol–water partition coefficient (Wildman–Crippen LogP) is 1.32. The molecule has 16 heavy (non-hydrogen) atoms. The van der Waals surface area contributed by atoms with Crippen LogP contribution in [0, 0.1) is 0 Å². The minimum atomic E-state index is 0.527. The SMILES string of the molecule is c1ccc2c(c1)C[C@H](N1CCOCC1)CO2. The number of fused-ring (bicyclic) bond motifs is 1. The Labute approximate surface area is 96.0 Å². The third-order valence-corrected chi connectivity index (χ3v) is 3.42. The van der Waals surface area contributed by atoms with E-state index >= 15 is 0 Å². The lowest BCUT2D eigenvalue weighted by atomic mass is 10.0. The number of morpholine rings is 1. The monoisotopic (exact) mass is 219 g/mol. The van der Waals surface area contributed by atoms with E-state index in [1.165, 1.54) is 5.56 Å². The van der Waals surface area contributed by atoms with Gasteiger partial charge in [-0.2, -0.15) is 0 Å². The molecule has 3 nitrogen and oxygen atoms in total. The highest BCUT2D eigenvalue weighted by molar-refractivity contribution is 5.35. The Bertz CT molecular complexity index is 361. The smallest absolute Gasteiger partial charge is 0.122 e. The Morgan fingerprint density at radius 2 is 1.94 bits per heavy atom. The fourth-order valence-corrected chi connectivity index (χ4v) is 2.49. The molecule has 0 aromatic heterocycles. The molecule has 3 heteroatoms. The number of para-hydroxylation sites is 1. The van der Waals surface area contributed by atoms with Gasteiger partial charge in [-0.3, -0.25) is 4.90 Å². The van der Waals surface area contributed by atoms with Crippen LogP contribution >= 0.6 is 0 Å². The van der Waals surface area contributed by atoms with Gasteiger partial charge in [0.25, 0.3) is 0 Å². The topological polar surface area (TPSA) is 21.7 Å². The summed E-state index contributed by atoms with van der Waals surface area (Å²) in [6, 6.07) is 8.88. The quantitative estimate of drug-likeness (QED) is 0.711. The minimum Gasteiger partial charge on any atom is -0.492 e. The number of hydrogen-bond donors (Lipinski definition) is 0. The molecular weight excluding hydrogens is 202 g/mol. The number of hydrogen-bond acceptors (Lipinski definition) is 3. The van der Waals surface area contributed by atoms with Gasteiger partial charge in [0.1, 0.15) is 12.4 Å². The molecule has 2 aliphatic heterocycles. The number of benzene rings is 1. The predicted molar refractivity (Wildman–Crippen MR) is 61.8 cm³/mol. The summed E-state index contributed by atoms with van der Waals surface area (Å²) in [7, 11) is 0. The molecule has 1 aromatic carbocycles. The summed E-state index contributed by atoms with van der Waals surface area (Å²) in [5.41, 5.74) is 1.34. The van der Waals surface area contributed by atoms with Crippen molar-refractivity contribution < 1.29 is 9.47 Å². The summed E-state index contributed by atoms with van der Waals surface area (Å²) in [4.78, 5) is 2.49. The Hall–Kier alpha value is -1.06. The first kappa shape index (κ1) is 10.1. The summed E-state index contributed by atoms with van der Waals surface area (Å²) in [5.74, 6) is 1.06. The van der Waals surface area contributed by atoms with Gasteiger partial charge in [-0.05, 0) is 18.1 Å². The van der Waals surface area contributed by atoms with Crippen LogP contribution in [-0.4, -0.2) is 43.9 Å². The molecule has 1 saturated heterocycles. The van der Waals surface area contributed by atoms with Crippen LogP contribution in [0.4, 0.5) is 0 Å². The molecule has 2 aliphatic rings. The van der Waals surface area contributed by atoms with Crippen molar-refractivity contribution in [2.24, 2.45) is 0 Å². The largest absolute Gasteiger partial charge is 0.492 e. The molecule has 3 rings (SSSR count). The molecule has 1 atom stereocenters. The van der Waals surface area contributed by atoms with Crippen LogP contribution < -0.4 is 4.74 Å². The molecule has 86 valence electrons. The van der Waals surface area contributed by atoms with E-state index < -0.39 is 0 Å². The molecule has 2 heterocycles. The van der Waals surface area contributed by atoms with Crippen LogP contribution in [0.5, 0.6) is 5.75 Å². The lowest BCUT2D eigenvalue weighted by Gasteiger charge is -2.37. The van der Waals surface area contributed by atoms with Crippen molar-refractivity contribution in [2.75, 3.05) is 32.9 Å². The van der Waals surface area contributed by atoms with Crippen LogP contribution in [0.2, 0.25) is 0 Å². The number of nitrogens with zero attached hydrogens (tertiary/aromatic N) is 1. The molecular formula is C13H17NO2. The Kier molecular flexibility index (Phi) is 2.80. The van der Waals surface area contributed by atoms with Gasteiger partial charge in [0.15, 0.2) is 0 Å². The maximum Gasteiger partial charge on any atom is 0.122 e. The second kappa shape index (κ2) is 4.44. The van der Waals surface area contributed by atoms with Crippen molar-refractivity contribution in [3.63, 3.8) is 0 Å². The fourth-order valence-electron chi connectivity index (χ4n) is 2.49. The molecule has 0 N–H and O–H groups in total. The van der Waals surface area contributed by atoms with E-state index in [-0.39, 0.29) is 0 Å². The number of rotatable bonds is 1. The van der Waals surface area contributed by atoms with Crippen LogP contribution in [-0.2, 0) is 11.2 Å². The summed E-state index contributed by atoms with van der Waals surface area (Å²) >= 11 is 0. The van der Waals surface area contributed by atoms with Crippen LogP contribution in [0.15, 0.2) is 24.3 Å². The van der Waals surface area contributed by atoms with Crippen molar-refractivity contribution in [2.45, 2.75) is 12.5 Å². The van der Waals surface area contributed by atoms with Gasteiger partial charge in [-0.15, -0.1) is 0 Å². The molecule has 0 aliphatic carbocycles. The van der Waals surface area contributed by atoms with Gasteiger partial charge in [0.05, 0.1) is 13.2 Å². The minimum absolute atomic E-state index is 0.527. The molecule has 1 fully saturated rings. The maximum atomic E-state index is 5.81. The van der Waals surface area contributed by atoms with Gasteiger partial charge in [0, 0.05) is 19.1 Å². The van der Waals surface area contributed by atoms with Crippen molar-refractivity contribution >= 4 is 0 Å². The first-order valence-electron chi connectivity index (χ1n) is 5.96. The Balaban J connectivity index is 1.72. The Morgan fingerprint density at radius 1 is 1.12 bits per heavy atom. The van der Waals surface area contributed by atoms with Crippen molar-refractivity contribution in [1.29, 1.82) is 0 Å². The third-order valence-electron chi connectivity index (χ3n) is 3.42. The third kappa shape index (κ3) is 1.93. The molecule has 0 unspecified atom stereocenters. The van der Waals surface area contributed by atoms with Gasteiger partial charge in [-0.25, -0.2) is 0 Å². The van der Waals surface area contributed by atoms with Gasteiger partial charge >= 0.3 is 0 Å². The maximum absolute atomic E-state index is 5.81. The summed E-state index contributed by atoms with van der Waals surface area (Å²) < 4.78 is 11.2. The average Bonchev–Trinajstić information content (AvgIpc) is 2.39. The van der Waals surface area contributed by atoms with Gasteiger partial charge in [0.2, 0.25) is 0 Å². The van der Waals surface area contributed by atoms with E-state index in [0.29, 0.717) is 6.04 Å². The first-order chi connectivity index (χ1) is 7.93. The van der Waals surface area contributed by atoms with Crippen molar-refractivity contribution in [3.8, 4) is 5.75 Å². The summed E-state index contributed by atoms with van der Waals surface area (Å²) in [6.07, 6.45) is 1.11. The van der Waals surface area contributed by atoms with Crippen molar-refractivity contribution in [1.82, 2.24) is 4.90 Å². The molecule has 0 bridgehead atoms. The van der Waals surface area contributed by atoms with Crippen LogP contribution in [0.3, 0.4) is 0 Å². The zero-order valence-corrected chi connectivity index (χ0v) is 9.39. The highest BCUT2D eigenvalue weighted by Gasteiger charge is 2.26. The lowest BCUT2D eigenvalue weighted by Crippen LogP contribution is -2.48. The first-order valence-corrected chi connectivity index (χ1v) is 5.96. The lowest BCUT2D eigenvalue weighted by molar-refractivity contribution is 0.00248. The second-order valence-electron chi connectivity index (χ2n) is 4.43. The van der Waals surface area contributed by atoms with E-state index in [0.717, 1.165) is 45.1 Å². The summed E-state index contributed by atoms with van der Waals surface area (Å²) in [6.45, 7) is 4.61.